The first-order chi connectivity index (χ1) is 38.6. The summed E-state index contributed by atoms with van der Waals surface area (Å²) < 4.78 is 22.7. The van der Waals surface area contributed by atoms with E-state index >= 15 is 0 Å². The average molecular weight is 1100 g/mol. The van der Waals surface area contributed by atoms with Crippen molar-refractivity contribution in [2.45, 2.75) is 270 Å². The number of allylic oxidation sites excluding steroid dienone is 18. The van der Waals surface area contributed by atoms with E-state index in [0.717, 1.165) is 103 Å². The average Bonchev–Trinajstić information content (AvgIpc) is 3.42. The number of likely N-dealkylation sites (N-methyl/N-ethyl adjacent to an activating group) is 1. The molecule has 0 saturated heterocycles. The number of nitrogens with zero attached hydrogens (tertiary/aromatic N) is 1. The van der Waals surface area contributed by atoms with Crippen LogP contribution in [-0.4, -0.2) is 82.3 Å². The maximum Gasteiger partial charge on any atom is 0.306 e. The van der Waals surface area contributed by atoms with Crippen molar-refractivity contribution in [3.63, 3.8) is 0 Å². The van der Waals surface area contributed by atoms with E-state index in [1.54, 1.807) is 0 Å². The fourth-order valence-corrected chi connectivity index (χ4v) is 8.61. The molecule has 0 heterocycles. The molecule has 0 bridgehead atoms. The van der Waals surface area contributed by atoms with Gasteiger partial charge in [0.25, 0.3) is 0 Å². The molecular weight excluding hydrogens is 983 g/mol. The number of carboxylic acid groups (broad SMARTS) is 1. The predicted octanol–water partition coefficient (Wildman–Crippen LogP) is 18.1. The Morgan fingerprint density at radius 2 is 0.722 bits per heavy atom. The first kappa shape index (κ1) is 75.0. The number of unbranched alkanes of at least 4 members (excludes halogenated alkanes) is 25. The van der Waals surface area contributed by atoms with E-state index in [4.69, 9.17) is 18.9 Å². The maximum atomic E-state index is 12.9. The lowest BCUT2D eigenvalue weighted by Crippen LogP contribution is -2.44. The zero-order chi connectivity index (χ0) is 57.6. The molecule has 79 heavy (non-hydrogen) atoms. The number of hydrogen-bond donors (Lipinski definition) is 0. The highest BCUT2D eigenvalue weighted by molar-refractivity contribution is 5.70. The van der Waals surface area contributed by atoms with E-state index in [9.17, 15) is 19.5 Å². The van der Waals surface area contributed by atoms with Crippen molar-refractivity contribution < 1.29 is 42.9 Å². The van der Waals surface area contributed by atoms with Crippen LogP contribution in [0.25, 0.3) is 0 Å². The van der Waals surface area contributed by atoms with Crippen LogP contribution < -0.4 is 5.11 Å². The summed E-state index contributed by atoms with van der Waals surface area (Å²) in [6, 6.07) is 0. The number of quaternary nitrogens is 1. The molecule has 2 atom stereocenters. The molecule has 9 nitrogen and oxygen atoms in total. The van der Waals surface area contributed by atoms with Crippen LogP contribution in [0.4, 0.5) is 0 Å². The highest BCUT2D eigenvalue weighted by Crippen LogP contribution is 2.16. The highest BCUT2D eigenvalue weighted by Gasteiger charge is 2.22. The summed E-state index contributed by atoms with van der Waals surface area (Å²) in [6.07, 6.45) is 80.0. The number of aliphatic carboxylic acids is 1. The van der Waals surface area contributed by atoms with Gasteiger partial charge in [0.05, 0.1) is 40.3 Å². The molecular formula is C70H119NO8. The molecule has 0 aliphatic rings. The summed E-state index contributed by atoms with van der Waals surface area (Å²) in [5.74, 6) is -2.29. The van der Waals surface area contributed by atoms with Gasteiger partial charge in [-0.2, -0.15) is 0 Å². The number of esters is 2. The summed E-state index contributed by atoms with van der Waals surface area (Å²) in [5, 5.41) is 11.8. The van der Waals surface area contributed by atoms with Gasteiger partial charge in [0.15, 0.2) is 12.4 Å². The van der Waals surface area contributed by atoms with Gasteiger partial charge in [-0.25, -0.2) is 0 Å². The molecule has 0 radical (unpaired) electrons. The Bertz CT molecular complexity index is 1660. The fourth-order valence-electron chi connectivity index (χ4n) is 8.61. The third kappa shape index (κ3) is 61.4. The number of ether oxygens (including phenoxy) is 4. The van der Waals surface area contributed by atoms with E-state index in [0.29, 0.717) is 17.4 Å². The molecule has 452 valence electrons. The van der Waals surface area contributed by atoms with E-state index in [-0.39, 0.29) is 38.6 Å². The topological polar surface area (TPSA) is 111 Å². The van der Waals surface area contributed by atoms with Gasteiger partial charge in [-0.3, -0.25) is 9.59 Å². The zero-order valence-corrected chi connectivity index (χ0v) is 51.5. The molecule has 9 heteroatoms. The largest absolute Gasteiger partial charge is 0.545 e. The smallest absolute Gasteiger partial charge is 0.306 e. The summed E-state index contributed by atoms with van der Waals surface area (Å²) in [5.41, 5.74) is 0. The summed E-state index contributed by atoms with van der Waals surface area (Å²) >= 11 is 0. The van der Waals surface area contributed by atoms with Crippen molar-refractivity contribution in [1.82, 2.24) is 0 Å². The van der Waals surface area contributed by atoms with Gasteiger partial charge < -0.3 is 33.3 Å². The Kier molecular flexibility index (Phi) is 57.0. The number of carbonyl (C=O) groups is 3. The van der Waals surface area contributed by atoms with Gasteiger partial charge in [0.2, 0.25) is 0 Å². The van der Waals surface area contributed by atoms with Gasteiger partial charge in [0.1, 0.15) is 13.2 Å². The third-order valence-corrected chi connectivity index (χ3v) is 13.5. The minimum Gasteiger partial charge on any atom is -0.545 e. The Labute approximate surface area is 485 Å². The van der Waals surface area contributed by atoms with Crippen LogP contribution in [0.5, 0.6) is 0 Å². The Balaban J connectivity index is 4.20. The second-order valence-corrected chi connectivity index (χ2v) is 22.3. The molecule has 0 aromatic rings. The number of hydrogen-bond acceptors (Lipinski definition) is 8. The fraction of sp³-hybridized carbons (Fsp3) is 0.700. The van der Waals surface area contributed by atoms with Crippen molar-refractivity contribution in [1.29, 1.82) is 0 Å². The van der Waals surface area contributed by atoms with Crippen molar-refractivity contribution >= 4 is 17.9 Å². The molecule has 0 aliphatic heterocycles. The van der Waals surface area contributed by atoms with E-state index in [1.807, 2.05) is 21.1 Å². The highest BCUT2D eigenvalue weighted by atomic mass is 16.7. The van der Waals surface area contributed by atoms with Gasteiger partial charge in [-0.1, -0.05) is 252 Å². The molecule has 0 saturated carbocycles. The third-order valence-electron chi connectivity index (χ3n) is 13.5. The van der Waals surface area contributed by atoms with Crippen LogP contribution in [0, 0.1) is 0 Å². The van der Waals surface area contributed by atoms with Crippen molar-refractivity contribution in [2.24, 2.45) is 0 Å². The Hall–Kier alpha value is -4.05. The molecule has 0 fully saturated rings. The van der Waals surface area contributed by atoms with E-state index in [1.165, 1.54) is 122 Å². The molecule has 0 amide bonds. The van der Waals surface area contributed by atoms with Gasteiger partial charge in [-0.05, 0) is 103 Å². The minimum absolute atomic E-state index is 0.142. The Morgan fingerprint density at radius 1 is 0.392 bits per heavy atom. The summed E-state index contributed by atoms with van der Waals surface area (Å²) in [7, 11) is 5.92. The van der Waals surface area contributed by atoms with Crippen LogP contribution in [-0.2, 0) is 33.3 Å². The van der Waals surface area contributed by atoms with Crippen molar-refractivity contribution in [3.8, 4) is 0 Å². The summed E-state index contributed by atoms with van der Waals surface area (Å²) in [4.78, 5) is 37.4. The van der Waals surface area contributed by atoms with Crippen LogP contribution >= 0.6 is 0 Å². The van der Waals surface area contributed by atoms with E-state index < -0.39 is 24.3 Å². The molecule has 2 unspecified atom stereocenters. The molecule has 0 aliphatic carbocycles. The number of rotatable bonds is 58. The quantitative estimate of drug-likeness (QED) is 0.0195. The minimum atomic E-state index is -1.63. The molecule has 0 aromatic heterocycles. The van der Waals surface area contributed by atoms with Crippen LogP contribution in [0.1, 0.15) is 258 Å². The second kappa shape index (κ2) is 60.1. The van der Waals surface area contributed by atoms with Crippen molar-refractivity contribution in [2.75, 3.05) is 47.5 Å². The van der Waals surface area contributed by atoms with E-state index in [2.05, 4.69) is 123 Å². The first-order valence-corrected chi connectivity index (χ1v) is 32.0. The SMILES string of the molecule is CC/C=C\C/C=C\C/C=C\C/C=C\C/C=C\C/C=C\C/C=C\CCCCCCCCCCCCCC(=O)OC(COC(=O)CCCCCCCCCCC/C=C\C/C=C\CCCCCCC)COC(OCC[N+](C)(C)C)C(=O)[O-]. The standard InChI is InChI=1S/C70H119NO8/c1-6-8-10-12-14-16-18-20-22-24-26-28-29-30-31-32-33-34-35-36-37-38-39-41-43-45-47-49-51-53-55-57-59-61-68(73)79-66(65-78-70(69(74)75)76-63-62-71(3,4)5)64-77-67(72)60-58-56-54-52-50-48-46-44-42-40-27-25-23-21-19-17-15-13-11-9-7-2/h8,10,14,16,19-22,25-28,30-31,33-34,36-37,66,70H,6-7,9,11-13,15,17-18,23-24,29,32,35,38-65H2,1-5H3/b10-8-,16-14-,21-19-,22-20-,27-25-,28-26-,31-30-,34-33-,37-36-. The molecule has 0 N–H and O–H groups in total. The number of carboxylic acids is 1. The van der Waals surface area contributed by atoms with Crippen LogP contribution in [0.2, 0.25) is 0 Å². The second-order valence-electron chi connectivity index (χ2n) is 22.3. The van der Waals surface area contributed by atoms with Gasteiger partial charge >= 0.3 is 11.9 Å². The normalized spacial score (nSPS) is 13.5. The predicted molar refractivity (Wildman–Crippen MR) is 333 cm³/mol. The lowest BCUT2D eigenvalue weighted by atomic mass is 10.0. The van der Waals surface area contributed by atoms with Crippen molar-refractivity contribution in [3.05, 3.63) is 109 Å². The van der Waals surface area contributed by atoms with Gasteiger partial charge in [-0.15, -0.1) is 0 Å². The monoisotopic (exact) mass is 1100 g/mol. The zero-order valence-electron chi connectivity index (χ0n) is 51.5. The van der Waals surface area contributed by atoms with Crippen LogP contribution in [0.3, 0.4) is 0 Å². The van der Waals surface area contributed by atoms with Gasteiger partial charge in [0, 0.05) is 12.8 Å². The molecule has 0 spiro atoms. The summed E-state index contributed by atoms with van der Waals surface area (Å²) in [6.45, 7) is 4.62. The Morgan fingerprint density at radius 3 is 1.08 bits per heavy atom. The lowest BCUT2D eigenvalue weighted by Gasteiger charge is -2.26. The first-order valence-electron chi connectivity index (χ1n) is 32.0. The lowest BCUT2D eigenvalue weighted by molar-refractivity contribution is -0.870. The molecule has 0 aromatic carbocycles. The molecule has 0 rings (SSSR count). The maximum absolute atomic E-state index is 12.9. The number of carbonyl (C=O) groups excluding carboxylic acids is 3. The van der Waals surface area contributed by atoms with Crippen LogP contribution in [0.15, 0.2) is 109 Å².